The third-order valence-corrected chi connectivity index (χ3v) is 2.99. The fourth-order valence-electron chi connectivity index (χ4n) is 2.23. The zero-order chi connectivity index (χ0) is 9.31. The summed E-state index contributed by atoms with van der Waals surface area (Å²) in [6.07, 6.45) is 4.60. The van der Waals surface area contributed by atoms with E-state index in [-0.39, 0.29) is 17.9 Å². The number of nitrogens with two attached hydrogens (primary N) is 2. The van der Waals surface area contributed by atoms with Crippen LogP contribution in [0.1, 0.15) is 31.2 Å². The van der Waals surface area contributed by atoms with Crippen molar-refractivity contribution in [1.29, 1.82) is 0 Å². The summed E-state index contributed by atoms with van der Waals surface area (Å²) < 4.78 is 0. The summed E-state index contributed by atoms with van der Waals surface area (Å²) in [6.45, 7) is 0. The van der Waals surface area contributed by atoms with E-state index in [0.717, 1.165) is 24.1 Å². The Morgan fingerprint density at radius 2 is 1.64 bits per heavy atom. The van der Waals surface area contributed by atoms with E-state index in [0.29, 0.717) is 0 Å². The minimum absolute atomic E-state index is 0. The predicted molar refractivity (Wildman–Crippen MR) is 62.4 cm³/mol. The van der Waals surface area contributed by atoms with Gasteiger partial charge in [0.1, 0.15) is 0 Å². The first-order valence-electron chi connectivity index (χ1n) is 4.86. The lowest BCUT2D eigenvalue weighted by atomic mass is 9.88. The smallest absolute Gasteiger partial charge is 0.0430 e. The van der Waals surface area contributed by atoms with Crippen LogP contribution in [0.4, 0.5) is 5.69 Å². The highest BCUT2D eigenvalue weighted by molar-refractivity contribution is 5.85. The van der Waals surface area contributed by atoms with E-state index in [1.165, 1.54) is 12.8 Å². The lowest BCUT2D eigenvalue weighted by Gasteiger charge is -2.25. The molecule has 0 atom stereocenters. The van der Waals surface area contributed by atoms with Gasteiger partial charge in [-0.05, 0) is 24.5 Å². The summed E-state index contributed by atoms with van der Waals surface area (Å²) in [5.74, 6) is 0. The van der Waals surface area contributed by atoms with Crippen LogP contribution in [0.3, 0.4) is 0 Å². The van der Waals surface area contributed by atoms with Gasteiger partial charge in [0.05, 0.1) is 0 Å². The second kappa shape index (κ2) is 4.20. The van der Waals surface area contributed by atoms with Crippen LogP contribution < -0.4 is 11.5 Å². The molecule has 1 aliphatic rings. The molecule has 14 heavy (non-hydrogen) atoms. The van der Waals surface area contributed by atoms with Gasteiger partial charge in [-0.2, -0.15) is 0 Å². The molecule has 0 heterocycles. The van der Waals surface area contributed by atoms with Crippen molar-refractivity contribution in [3.05, 3.63) is 29.8 Å². The Morgan fingerprint density at radius 3 is 2.21 bits per heavy atom. The number of para-hydroxylation sites is 1. The Morgan fingerprint density at radius 1 is 1.07 bits per heavy atom. The zero-order valence-corrected chi connectivity index (χ0v) is 9.02. The van der Waals surface area contributed by atoms with Crippen LogP contribution in [0, 0.1) is 0 Å². The summed E-state index contributed by atoms with van der Waals surface area (Å²) in [4.78, 5) is 0. The maximum atomic E-state index is 6.30. The molecule has 0 radical (unpaired) electrons. The van der Waals surface area contributed by atoms with Crippen molar-refractivity contribution in [1.82, 2.24) is 0 Å². The van der Waals surface area contributed by atoms with Crippen LogP contribution in [-0.2, 0) is 5.54 Å². The minimum atomic E-state index is -0.147. The van der Waals surface area contributed by atoms with Crippen molar-refractivity contribution in [3.63, 3.8) is 0 Å². The molecule has 0 spiro atoms. The highest BCUT2D eigenvalue weighted by Gasteiger charge is 2.32. The van der Waals surface area contributed by atoms with Gasteiger partial charge in [-0.1, -0.05) is 31.0 Å². The van der Waals surface area contributed by atoms with E-state index in [9.17, 15) is 0 Å². The lowest BCUT2D eigenvalue weighted by Crippen LogP contribution is -2.33. The highest BCUT2D eigenvalue weighted by atomic mass is 35.5. The van der Waals surface area contributed by atoms with Gasteiger partial charge in [-0.3, -0.25) is 0 Å². The Hall–Kier alpha value is -0.730. The van der Waals surface area contributed by atoms with Crippen molar-refractivity contribution >= 4 is 18.1 Å². The Bertz CT molecular complexity index is 306. The molecule has 78 valence electrons. The molecule has 1 aromatic rings. The maximum absolute atomic E-state index is 6.30. The number of benzene rings is 1. The first-order chi connectivity index (χ1) is 6.22. The van der Waals surface area contributed by atoms with Gasteiger partial charge >= 0.3 is 0 Å². The third kappa shape index (κ3) is 1.86. The monoisotopic (exact) mass is 212 g/mol. The van der Waals surface area contributed by atoms with Gasteiger partial charge in [0, 0.05) is 11.2 Å². The molecule has 0 aromatic heterocycles. The standard InChI is InChI=1S/C11H16N2.ClH/c12-10-6-2-1-5-9(10)11(13)7-3-4-8-11;/h1-2,5-6H,3-4,7-8,12-13H2;1H. The molecule has 4 N–H and O–H groups in total. The molecule has 0 bridgehead atoms. The van der Waals surface area contributed by atoms with E-state index in [1.54, 1.807) is 0 Å². The molecular formula is C11H17ClN2. The van der Waals surface area contributed by atoms with E-state index in [2.05, 4.69) is 6.07 Å². The molecule has 1 aromatic carbocycles. The summed E-state index contributed by atoms with van der Waals surface area (Å²) in [5, 5.41) is 0. The summed E-state index contributed by atoms with van der Waals surface area (Å²) in [5.41, 5.74) is 14.0. The number of hydrogen-bond acceptors (Lipinski definition) is 2. The fraction of sp³-hybridized carbons (Fsp3) is 0.455. The minimum Gasteiger partial charge on any atom is -0.398 e. The fourth-order valence-corrected chi connectivity index (χ4v) is 2.23. The Balaban J connectivity index is 0.000000980. The van der Waals surface area contributed by atoms with Crippen molar-refractivity contribution in [2.45, 2.75) is 31.2 Å². The second-order valence-electron chi connectivity index (χ2n) is 3.95. The van der Waals surface area contributed by atoms with Crippen molar-refractivity contribution in [2.75, 3.05) is 5.73 Å². The van der Waals surface area contributed by atoms with Gasteiger partial charge in [0.25, 0.3) is 0 Å². The molecule has 0 amide bonds. The SMILES string of the molecule is Cl.Nc1ccccc1C1(N)CCCC1. The molecule has 0 unspecified atom stereocenters. The molecular weight excluding hydrogens is 196 g/mol. The Kier molecular flexibility index (Phi) is 3.40. The van der Waals surface area contributed by atoms with Crippen LogP contribution in [-0.4, -0.2) is 0 Å². The normalized spacial score (nSPS) is 18.9. The number of nitrogen functional groups attached to an aromatic ring is 1. The van der Waals surface area contributed by atoms with Crippen LogP contribution in [0.5, 0.6) is 0 Å². The average Bonchev–Trinajstić information content (AvgIpc) is 2.54. The molecule has 2 nitrogen and oxygen atoms in total. The molecule has 1 fully saturated rings. The van der Waals surface area contributed by atoms with Gasteiger partial charge in [-0.25, -0.2) is 0 Å². The van der Waals surface area contributed by atoms with Crippen LogP contribution in [0.2, 0.25) is 0 Å². The summed E-state index contributed by atoms with van der Waals surface area (Å²) >= 11 is 0. The molecule has 0 aliphatic heterocycles. The predicted octanol–water partition coefficient (Wildman–Crippen LogP) is 2.42. The van der Waals surface area contributed by atoms with Crippen molar-refractivity contribution in [2.24, 2.45) is 5.73 Å². The molecule has 1 saturated carbocycles. The van der Waals surface area contributed by atoms with Gasteiger partial charge in [0.2, 0.25) is 0 Å². The average molecular weight is 213 g/mol. The van der Waals surface area contributed by atoms with E-state index in [4.69, 9.17) is 11.5 Å². The lowest BCUT2D eigenvalue weighted by molar-refractivity contribution is 0.463. The third-order valence-electron chi connectivity index (χ3n) is 2.99. The first-order valence-corrected chi connectivity index (χ1v) is 4.86. The Labute approximate surface area is 91.1 Å². The first kappa shape index (κ1) is 11.3. The zero-order valence-electron chi connectivity index (χ0n) is 8.20. The highest BCUT2D eigenvalue weighted by Crippen LogP contribution is 2.38. The van der Waals surface area contributed by atoms with E-state index < -0.39 is 0 Å². The van der Waals surface area contributed by atoms with Crippen molar-refractivity contribution < 1.29 is 0 Å². The topological polar surface area (TPSA) is 52.0 Å². The molecule has 1 aliphatic carbocycles. The number of anilines is 1. The molecule has 2 rings (SSSR count). The quantitative estimate of drug-likeness (QED) is 0.703. The maximum Gasteiger partial charge on any atom is 0.0430 e. The number of hydrogen-bond donors (Lipinski definition) is 2. The second-order valence-corrected chi connectivity index (χ2v) is 3.95. The van der Waals surface area contributed by atoms with Crippen LogP contribution >= 0.6 is 12.4 Å². The number of rotatable bonds is 1. The van der Waals surface area contributed by atoms with Gasteiger partial charge in [-0.15, -0.1) is 12.4 Å². The van der Waals surface area contributed by atoms with Crippen LogP contribution in [0.15, 0.2) is 24.3 Å². The molecule has 3 heteroatoms. The summed E-state index contributed by atoms with van der Waals surface area (Å²) in [7, 11) is 0. The summed E-state index contributed by atoms with van der Waals surface area (Å²) in [6, 6.07) is 7.96. The van der Waals surface area contributed by atoms with Crippen LogP contribution in [0.25, 0.3) is 0 Å². The molecule has 0 saturated heterocycles. The number of halogens is 1. The van der Waals surface area contributed by atoms with Gasteiger partial charge < -0.3 is 11.5 Å². The van der Waals surface area contributed by atoms with Gasteiger partial charge in [0.15, 0.2) is 0 Å². The van der Waals surface area contributed by atoms with E-state index >= 15 is 0 Å². The van der Waals surface area contributed by atoms with Crippen molar-refractivity contribution in [3.8, 4) is 0 Å². The van der Waals surface area contributed by atoms with E-state index in [1.807, 2.05) is 18.2 Å². The largest absolute Gasteiger partial charge is 0.398 e.